The van der Waals surface area contributed by atoms with E-state index in [9.17, 15) is 18.3 Å². The van der Waals surface area contributed by atoms with Crippen molar-refractivity contribution in [1.29, 1.82) is 0 Å². The Labute approximate surface area is 87.6 Å². The Morgan fingerprint density at radius 1 is 1.27 bits per heavy atom. The van der Waals surface area contributed by atoms with Crippen molar-refractivity contribution in [3.63, 3.8) is 0 Å². The van der Waals surface area contributed by atoms with E-state index >= 15 is 0 Å². The van der Waals surface area contributed by atoms with Gasteiger partial charge in [0, 0.05) is 13.2 Å². The molecule has 0 radical (unpaired) electrons. The molecule has 0 unspecified atom stereocenters. The summed E-state index contributed by atoms with van der Waals surface area (Å²) in [7, 11) is 0. The maximum absolute atomic E-state index is 11.6. The van der Waals surface area contributed by atoms with Gasteiger partial charge in [-0.3, -0.25) is 0 Å². The fourth-order valence-corrected chi connectivity index (χ4v) is 0.881. The van der Waals surface area contributed by atoms with Crippen molar-refractivity contribution in [2.45, 2.75) is 32.0 Å². The third-order valence-corrected chi connectivity index (χ3v) is 1.47. The molecule has 0 spiro atoms. The molecule has 0 aromatic carbocycles. The number of halogens is 3. The van der Waals surface area contributed by atoms with Crippen LogP contribution < -0.4 is 5.32 Å². The van der Waals surface area contributed by atoms with Gasteiger partial charge in [0.05, 0.1) is 5.60 Å². The number of alkyl halides is 3. The maximum atomic E-state index is 11.6. The summed E-state index contributed by atoms with van der Waals surface area (Å²) in [6, 6.07) is 0. The summed E-state index contributed by atoms with van der Waals surface area (Å²) in [5.41, 5.74) is -0.799. The van der Waals surface area contributed by atoms with Gasteiger partial charge in [-0.1, -0.05) is 0 Å². The van der Waals surface area contributed by atoms with E-state index in [1.54, 1.807) is 13.8 Å². The minimum Gasteiger partial charge on any atom is -0.389 e. The quantitative estimate of drug-likeness (QED) is 0.647. The minimum atomic E-state index is -4.25. The van der Waals surface area contributed by atoms with E-state index in [4.69, 9.17) is 0 Å². The van der Waals surface area contributed by atoms with Gasteiger partial charge in [0.15, 0.2) is 0 Å². The van der Waals surface area contributed by atoms with Crippen LogP contribution in [0.5, 0.6) is 0 Å². The summed E-state index contributed by atoms with van der Waals surface area (Å²) in [5, 5.41) is 12.2. The van der Waals surface area contributed by atoms with Crippen molar-refractivity contribution >= 4 is 0 Å². The van der Waals surface area contributed by atoms with E-state index < -0.39 is 18.4 Å². The van der Waals surface area contributed by atoms with Crippen molar-refractivity contribution in [3.05, 3.63) is 0 Å². The predicted molar refractivity (Wildman–Crippen MR) is 50.7 cm³/mol. The molecule has 0 atom stereocenters. The Hall–Kier alpha value is -0.330. The van der Waals surface area contributed by atoms with Crippen molar-refractivity contribution in [2.24, 2.45) is 0 Å². The lowest BCUT2D eigenvalue weighted by Crippen LogP contribution is -2.35. The van der Waals surface area contributed by atoms with Crippen LogP contribution >= 0.6 is 0 Å². The Morgan fingerprint density at radius 3 is 2.33 bits per heavy atom. The average Bonchev–Trinajstić information content (AvgIpc) is 1.98. The highest BCUT2D eigenvalue weighted by Gasteiger charge is 2.27. The molecule has 0 aliphatic rings. The number of ether oxygens (including phenoxy) is 1. The van der Waals surface area contributed by atoms with Crippen LogP contribution in [0, 0.1) is 0 Å². The highest BCUT2D eigenvalue weighted by molar-refractivity contribution is 4.67. The Kier molecular flexibility index (Phi) is 6.16. The first-order valence-corrected chi connectivity index (χ1v) is 4.78. The topological polar surface area (TPSA) is 41.5 Å². The molecule has 3 nitrogen and oxygen atoms in total. The highest BCUT2D eigenvalue weighted by atomic mass is 19.4. The first kappa shape index (κ1) is 14.7. The van der Waals surface area contributed by atoms with E-state index in [1.807, 2.05) is 0 Å². The van der Waals surface area contributed by atoms with Crippen molar-refractivity contribution in [3.8, 4) is 0 Å². The fraction of sp³-hybridized carbons (Fsp3) is 1.00. The molecule has 0 aliphatic heterocycles. The number of hydrogen-bond donors (Lipinski definition) is 2. The standard InChI is InChI=1S/C9H18F3NO2/c1-8(2,14)6-13-4-3-5-15-7-9(10,11)12/h13-14H,3-7H2,1-2H3. The number of aliphatic hydroxyl groups is 1. The van der Waals surface area contributed by atoms with Crippen molar-refractivity contribution < 1.29 is 23.0 Å². The first-order valence-electron chi connectivity index (χ1n) is 4.78. The Balaban J connectivity index is 3.20. The normalized spacial score (nSPS) is 13.2. The van der Waals surface area contributed by atoms with Crippen LogP contribution in [-0.4, -0.2) is 43.2 Å². The summed E-state index contributed by atoms with van der Waals surface area (Å²) in [5.74, 6) is 0. The van der Waals surface area contributed by atoms with Crippen LogP contribution in [0.1, 0.15) is 20.3 Å². The van der Waals surface area contributed by atoms with Gasteiger partial charge in [0.25, 0.3) is 0 Å². The van der Waals surface area contributed by atoms with Gasteiger partial charge >= 0.3 is 6.18 Å². The molecule has 92 valence electrons. The number of rotatable bonds is 7. The second kappa shape index (κ2) is 6.30. The molecule has 15 heavy (non-hydrogen) atoms. The molecule has 0 fully saturated rings. The Morgan fingerprint density at radius 2 is 1.87 bits per heavy atom. The molecule has 0 saturated carbocycles. The molecule has 2 N–H and O–H groups in total. The average molecular weight is 229 g/mol. The number of nitrogens with one attached hydrogen (secondary N) is 1. The minimum absolute atomic E-state index is 0.0678. The van der Waals surface area contributed by atoms with Crippen LogP contribution in [0.25, 0.3) is 0 Å². The molecule has 0 rings (SSSR count). The zero-order chi connectivity index (χ0) is 11.9. The third kappa shape index (κ3) is 13.7. The van der Waals surface area contributed by atoms with Crippen LogP contribution in [0.2, 0.25) is 0 Å². The maximum Gasteiger partial charge on any atom is 0.411 e. The van der Waals surface area contributed by atoms with E-state index in [2.05, 4.69) is 10.1 Å². The van der Waals surface area contributed by atoms with Crippen molar-refractivity contribution in [1.82, 2.24) is 5.32 Å². The third-order valence-electron chi connectivity index (χ3n) is 1.47. The molecule has 0 aliphatic carbocycles. The lowest BCUT2D eigenvalue weighted by molar-refractivity contribution is -0.173. The molecule has 0 aromatic rings. The zero-order valence-electron chi connectivity index (χ0n) is 9.02. The van der Waals surface area contributed by atoms with Crippen LogP contribution in [-0.2, 0) is 4.74 Å². The summed E-state index contributed by atoms with van der Waals surface area (Å²) in [6.45, 7) is 3.12. The largest absolute Gasteiger partial charge is 0.411 e. The van der Waals surface area contributed by atoms with Crippen LogP contribution in [0.4, 0.5) is 13.2 Å². The molecule has 0 heterocycles. The van der Waals surface area contributed by atoms with Crippen molar-refractivity contribution in [2.75, 3.05) is 26.3 Å². The van der Waals surface area contributed by atoms with E-state index in [-0.39, 0.29) is 6.61 Å². The SMILES string of the molecule is CC(C)(O)CNCCCOCC(F)(F)F. The molecular formula is C9H18F3NO2. The zero-order valence-corrected chi connectivity index (χ0v) is 9.02. The summed E-state index contributed by atoms with van der Waals surface area (Å²) in [4.78, 5) is 0. The molecule has 6 heteroatoms. The smallest absolute Gasteiger partial charge is 0.389 e. The summed E-state index contributed by atoms with van der Waals surface area (Å²) < 4.78 is 39.2. The van der Waals surface area contributed by atoms with E-state index in [0.29, 0.717) is 19.5 Å². The second-order valence-electron chi connectivity index (χ2n) is 4.01. The van der Waals surface area contributed by atoms with Gasteiger partial charge in [-0.25, -0.2) is 0 Å². The first-order chi connectivity index (χ1) is 6.71. The fourth-order valence-electron chi connectivity index (χ4n) is 0.881. The predicted octanol–water partition coefficient (Wildman–Crippen LogP) is 1.32. The Bertz CT molecular complexity index is 148. The summed E-state index contributed by atoms with van der Waals surface area (Å²) >= 11 is 0. The molecular weight excluding hydrogens is 211 g/mol. The van der Waals surface area contributed by atoms with Gasteiger partial charge in [-0.15, -0.1) is 0 Å². The lowest BCUT2D eigenvalue weighted by atomic mass is 10.1. The second-order valence-corrected chi connectivity index (χ2v) is 4.01. The monoisotopic (exact) mass is 229 g/mol. The van der Waals surface area contributed by atoms with E-state index in [0.717, 1.165) is 0 Å². The highest BCUT2D eigenvalue weighted by Crippen LogP contribution is 2.14. The van der Waals surface area contributed by atoms with Crippen LogP contribution in [0.15, 0.2) is 0 Å². The van der Waals surface area contributed by atoms with Gasteiger partial charge in [-0.2, -0.15) is 13.2 Å². The summed E-state index contributed by atoms with van der Waals surface area (Å²) in [6.07, 6.45) is -3.76. The molecule has 0 amide bonds. The van der Waals surface area contributed by atoms with Gasteiger partial charge in [0.2, 0.25) is 0 Å². The van der Waals surface area contributed by atoms with Gasteiger partial charge < -0.3 is 15.2 Å². The van der Waals surface area contributed by atoms with Gasteiger partial charge in [-0.05, 0) is 26.8 Å². The van der Waals surface area contributed by atoms with Crippen LogP contribution in [0.3, 0.4) is 0 Å². The van der Waals surface area contributed by atoms with Gasteiger partial charge in [0.1, 0.15) is 6.61 Å². The lowest BCUT2D eigenvalue weighted by Gasteiger charge is -2.17. The number of hydrogen-bond acceptors (Lipinski definition) is 3. The van der Waals surface area contributed by atoms with E-state index in [1.165, 1.54) is 0 Å². The molecule has 0 bridgehead atoms. The molecule has 0 aromatic heterocycles. The molecule has 0 saturated heterocycles.